The van der Waals surface area contributed by atoms with Crippen molar-refractivity contribution in [1.82, 2.24) is 24.8 Å². The Labute approximate surface area is 161 Å². The Morgan fingerprint density at radius 3 is 2.37 bits per heavy atom. The molecule has 3 aromatic rings. The van der Waals surface area contributed by atoms with Gasteiger partial charge in [-0.2, -0.15) is 0 Å². The second-order valence-electron chi connectivity index (χ2n) is 7.31. The first-order valence-corrected chi connectivity index (χ1v) is 9.55. The molecule has 0 spiro atoms. The van der Waals surface area contributed by atoms with Gasteiger partial charge in [0.15, 0.2) is 5.82 Å². The lowest BCUT2D eigenvalue weighted by Gasteiger charge is -2.30. The highest BCUT2D eigenvalue weighted by atomic mass is 15.1. The molecule has 0 saturated heterocycles. The lowest BCUT2D eigenvalue weighted by atomic mass is 10.00. The van der Waals surface area contributed by atoms with Crippen molar-refractivity contribution in [2.45, 2.75) is 39.7 Å². The molecule has 6 heteroatoms. The van der Waals surface area contributed by atoms with E-state index in [1.807, 2.05) is 18.2 Å². The van der Waals surface area contributed by atoms with Gasteiger partial charge in [0.25, 0.3) is 0 Å². The van der Waals surface area contributed by atoms with Gasteiger partial charge in [-0.3, -0.25) is 9.97 Å². The highest BCUT2D eigenvalue weighted by molar-refractivity contribution is 5.90. The maximum absolute atomic E-state index is 4.83. The maximum Gasteiger partial charge on any atom is 0.162 e. The molecule has 0 amide bonds. The van der Waals surface area contributed by atoms with Crippen LogP contribution in [0, 0.1) is 0 Å². The number of anilines is 1. The minimum absolute atomic E-state index is 0.0946. The fourth-order valence-corrected chi connectivity index (χ4v) is 3.07. The van der Waals surface area contributed by atoms with Gasteiger partial charge < -0.3 is 10.2 Å². The number of nitrogens with one attached hydrogen (secondary N) is 1. The summed E-state index contributed by atoms with van der Waals surface area (Å²) in [7, 11) is 0. The van der Waals surface area contributed by atoms with Crippen molar-refractivity contribution in [3.05, 3.63) is 43.0 Å². The Morgan fingerprint density at radius 1 is 0.963 bits per heavy atom. The van der Waals surface area contributed by atoms with Crippen molar-refractivity contribution in [2.75, 3.05) is 25.0 Å². The number of pyridine rings is 2. The second-order valence-corrected chi connectivity index (χ2v) is 7.31. The topological polar surface area (TPSA) is 66.8 Å². The van der Waals surface area contributed by atoms with Gasteiger partial charge in [-0.15, -0.1) is 0 Å². The van der Waals surface area contributed by atoms with Crippen LogP contribution >= 0.6 is 0 Å². The Bertz CT molecular complexity index is 874. The van der Waals surface area contributed by atoms with Gasteiger partial charge in [0, 0.05) is 41.6 Å². The van der Waals surface area contributed by atoms with Gasteiger partial charge in [-0.05, 0) is 51.6 Å². The molecule has 27 heavy (non-hydrogen) atoms. The molecule has 3 aromatic heterocycles. The van der Waals surface area contributed by atoms with E-state index in [2.05, 4.69) is 52.9 Å². The first-order valence-electron chi connectivity index (χ1n) is 9.55. The van der Waals surface area contributed by atoms with Crippen LogP contribution in [0.5, 0.6) is 0 Å². The molecule has 1 N–H and O–H groups in total. The van der Waals surface area contributed by atoms with Crippen molar-refractivity contribution in [2.24, 2.45) is 0 Å². The van der Waals surface area contributed by atoms with Crippen LogP contribution in [0.2, 0.25) is 0 Å². The monoisotopic (exact) mass is 364 g/mol. The molecule has 0 atom stereocenters. The van der Waals surface area contributed by atoms with E-state index in [1.54, 1.807) is 24.8 Å². The molecule has 0 saturated carbocycles. The van der Waals surface area contributed by atoms with Gasteiger partial charge in [-0.1, -0.05) is 13.8 Å². The van der Waals surface area contributed by atoms with Crippen molar-refractivity contribution in [3.8, 4) is 11.4 Å². The van der Waals surface area contributed by atoms with Crippen molar-refractivity contribution < 1.29 is 0 Å². The van der Waals surface area contributed by atoms with Crippen LogP contribution in [0.15, 0.2) is 43.0 Å². The lowest BCUT2D eigenvalue weighted by molar-refractivity contribution is 0.278. The molecule has 0 radical (unpaired) electrons. The van der Waals surface area contributed by atoms with Crippen LogP contribution < -0.4 is 5.32 Å². The van der Waals surface area contributed by atoms with Crippen LogP contribution in [-0.2, 0) is 0 Å². The summed E-state index contributed by atoms with van der Waals surface area (Å²) in [6.07, 6.45) is 8.11. The summed E-state index contributed by atoms with van der Waals surface area (Å²) in [5.41, 5.74) is 1.68. The standard InChI is InChI=1S/C21H28N6/c1-5-27(6-2)14-10-21(3,4)26-20-17-9-13-23-15-18(17)24-19(25-20)16-7-11-22-12-8-16/h7-9,11-13,15H,5-6,10,14H2,1-4H3,(H,24,25,26). The van der Waals surface area contributed by atoms with E-state index in [9.17, 15) is 0 Å². The number of hydrogen-bond acceptors (Lipinski definition) is 6. The highest BCUT2D eigenvalue weighted by Gasteiger charge is 2.21. The Hall–Kier alpha value is -2.60. The number of rotatable bonds is 8. The largest absolute Gasteiger partial charge is 0.365 e. The van der Waals surface area contributed by atoms with Crippen molar-refractivity contribution in [3.63, 3.8) is 0 Å². The Kier molecular flexibility index (Phi) is 5.96. The quantitative estimate of drug-likeness (QED) is 0.651. The molecule has 0 fully saturated rings. The average molecular weight is 364 g/mol. The van der Waals surface area contributed by atoms with E-state index in [-0.39, 0.29) is 5.54 Å². The zero-order chi connectivity index (χ0) is 19.3. The van der Waals surface area contributed by atoms with Gasteiger partial charge in [-0.25, -0.2) is 9.97 Å². The molecule has 0 aromatic carbocycles. The van der Waals surface area contributed by atoms with E-state index < -0.39 is 0 Å². The van der Waals surface area contributed by atoms with Gasteiger partial charge >= 0.3 is 0 Å². The first-order chi connectivity index (χ1) is 13.0. The predicted octanol–water partition coefficient (Wildman–Crippen LogP) is 4.01. The normalized spacial score (nSPS) is 11.9. The average Bonchev–Trinajstić information content (AvgIpc) is 2.69. The smallest absolute Gasteiger partial charge is 0.162 e. The molecule has 0 bridgehead atoms. The highest BCUT2D eigenvalue weighted by Crippen LogP contribution is 2.27. The second kappa shape index (κ2) is 8.39. The fraction of sp³-hybridized carbons (Fsp3) is 0.429. The molecular weight excluding hydrogens is 336 g/mol. The van der Waals surface area contributed by atoms with E-state index in [1.165, 1.54) is 0 Å². The van der Waals surface area contributed by atoms with Crippen molar-refractivity contribution >= 4 is 16.7 Å². The SMILES string of the molecule is CCN(CC)CCC(C)(C)Nc1nc(-c2ccncc2)nc2cnccc12. The molecule has 3 rings (SSSR count). The summed E-state index contributed by atoms with van der Waals surface area (Å²) >= 11 is 0. The van der Waals surface area contributed by atoms with Gasteiger partial charge in [0.05, 0.1) is 11.7 Å². The third kappa shape index (κ3) is 4.77. The molecule has 0 aliphatic rings. The minimum atomic E-state index is -0.0946. The van der Waals surface area contributed by atoms with E-state index in [0.29, 0.717) is 5.82 Å². The van der Waals surface area contributed by atoms with Crippen molar-refractivity contribution in [1.29, 1.82) is 0 Å². The van der Waals surface area contributed by atoms with Crippen LogP contribution in [0.1, 0.15) is 34.1 Å². The summed E-state index contributed by atoms with van der Waals surface area (Å²) in [6.45, 7) is 12.0. The zero-order valence-corrected chi connectivity index (χ0v) is 16.6. The zero-order valence-electron chi connectivity index (χ0n) is 16.6. The maximum atomic E-state index is 4.83. The number of hydrogen-bond donors (Lipinski definition) is 1. The molecule has 0 unspecified atom stereocenters. The Balaban J connectivity index is 1.93. The first kappa shape index (κ1) is 19.2. The molecular formula is C21H28N6. The molecule has 0 aliphatic heterocycles. The predicted molar refractivity (Wildman–Crippen MR) is 111 cm³/mol. The van der Waals surface area contributed by atoms with Crippen LogP contribution in [0.4, 0.5) is 5.82 Å². The van der Waals surface area contributed by atoms with Crippen LogP contribution in [-0.4, -0.2) is 50.0 Å². The molecule has 142 valence electrons. The summed E-state index contributed by atoms with van der Waals surface area (Å²) in [5, 5.41) is 4.64. The van der Waals surface area contributed by atoms with Crippen LogP contribution in [0.3, 0.4) is 0 Å². The van der Waals surface area contributed by atoms with E-state index in [0.717, 1.165) is 48.3 Å². The number of fused-ring (bicyclic) bond motifs is 1. The molecule has 6 nitrogen and oxygen atoms in total. The van der Waals surface area contributed by atoms with Gasteiger partial charge in [0.2, 0.25) is 0 Å². The number of nitrogens with zero attached hydrogens (tertiary/aromatic N) is 5. The summed E-state index contributed by atoms with van der Waals surface area (Å²) in [5.74, 6) is 1.53. The minimum Gasteiger partial charge on any atom is -0.365 e. The fourth-order valence-electron chi connectivity index (χ4n) is 3.07. The van der Waals surface area contributed by atoms with Gasteiger partial charge in [0.1, 0.15) is 5.82 Å². The van der Waals surface area contributed by atoms with E-state index in [4.69, 9.17) is 4.98 Å². The third-order valence-electron chi connectivity index (χ3n) is 4.84. The Morgan fingerprint density at radius 2 is 1.67 bits per heavy atom. The van der Waals surface area contributed by atoms with E-state index >= 15 is 0 Å². The lowest BCUT2D eigenvalue weighted by Crippen LogP contribution is -2.37. The summed E-state index contributed by atoms with van der Waals surface area (Å²) in [6, 6.07) is 5.81. The number of aromatic nitrogens is 4. The van der Waals surface area contributed by atoms with Crippen LogP contribution in [0.25, 0.3) is 22.3 Å². The summed E-state index contributed by atoms with van der Waals surface area (Å²) < 4.78 is 0. The third-order valence-corrected chi connectivity index (χ3v) is 4.84. The molecule has 0 aliphatic carbocycles. The summed E-state index contributed by atoms with van der Waals surface area (Å²) in [4.78, 5) is 20.3. The molecule has 3 heterocycles.